The number of ether oxygens (including phenoxy) is 1. The Kier molecular flexibility index (Phi) is 4.75. The standard InChI is InChI=1S/C14H23N3O2/c1-10(2)17(13(18)19-14(3,4)5)9-11-7-6-8-12(15)16-11/h6-8,10H,9H2,1-5H3,(H2,15,16). The van der Waals surface area contributed by atoms with E-state index in [0.29, 0.717) is 12.4 Å². The minimum absolute atomic E-state index is 0.0260. The third-order valence-electron chi connectivity index (χ3n) is 2.41. The van der Waals surface area contributed by atoms with E-state index in [9.17, 15) is 4.79 Å². The number of amides is 1. The van der Waals surface area contributed by atoms with Crippen molar-refractivity contribution in [2.24, 2.45) is 0 Å². The van der Waals surface area contributed by atoms with Crippen molar-refractivity contribution in [2.45, 2.75) is 52.8 Å². The van der Waals surface area contributed by atoms with Crippen molar-refractivity contribution in [2.75, 3.05) is 5.73 Å². The van der Waals surface area contributed by atoms with Gasteiger partial charge in [0.2, 0.25) is 0 Å². The predicted octanol–water partition coefficient (Wildman–Crippen LogP) is 2.81. The van der Waals surface area contributed by atoms with Gasteiger partial charge in [0.15, 0.2) is 0 Å². The first-order valence-electron chi connectivity index (χ1n) is 6.40. The van der Waals surface area contributed by atoms with Gasteiger partial charge >= 0.3 is 6.09 Å². The lowest BCUT2D eigenvalue weighted by atomic mass is 10.2. The first-order valence-corrected chi connectivity index (χ1v) is 6.40. The average Bonchev–Trinajstić information content (AvgIpc) is 2.23. The number of nitrogen functional groups attached to an aromatic ring is 1. The van der Waals surface area contributed by atoms with E-state index in [-0.39, 0.29) is 12.1 Å². The molecule has 1 aromatic rings. The number of carbonyl (C=O) groups excluding carboxylic acids is 1. The molecule has 0 spiro atoms. The number of carbonyl (C=O) groups is 1. The molecule has 0 aliphatic carbocycles. The molecule has 1 heterocycles. The lowest BCUT2D eigenvalue weighted by molar-refractivity contribution is 0.0169. The Bertz CT molecular complexity index is 439. The Morgan fingerprint density at radius 3 is 2.53 bits per heavy atom. The number of nitrogens with zero attached hydrogens (tertiary/aromatic N) is 2. The van der Waals surface area contributed by atoms with Gasteiger partial charge in [0.05, 0.1) is 12.2 Å². The Balaban J connectivity index is 2.81. The highest BCUT2D eigenvalue weighted by molar-refractivity contribution is 5.68. The first kappa shape index (κ1) is 15.3. The molecule has 1 amide bonds. The molecule has 2 N–H and O–H groups in total. The molecule has 0 atom stereocenters. The van der Waals surface area contributed by atoms with E-state index < -0.39 is 5.60 Å². The quantitative estimate of drug-likeness (QED) is 0.912. The summed E-state index contributed by atoms with van der Waals surface area (Å²) in [6.45, 7) is 9.82. The lowest BCUT2D eigenvalue weighted by Crippen LogP contribution is -2.40. The Morgan fingerprint density at radius 1 is 1.42 bits per heavy atom. The zero-order valence-corrected chi connectivity index (χ0v) is 12.3. The second-order valence-electron chi connectivity index (χ2n) is 5.76. The molecule has 0 unspecified atom stereocenters. The van der Waals surface area contributed by atoms with Gasteiger partial charge in [-0.15, -0.1) is 0 Å². The van der Waals surface area contributed by atoms with Crippen LogP contribution in [0.25, 0.3) is 0 Å². The van der Waals surface area contributed by atoms with Gasteiger partial charge in [-0.05, 0) is 46.8 Å². The molecular weight excluding hydrogens is 242 g/mol. The number of nitrogens with two attached hydrogens (primary N) is 1. The zero-order chi connectivity index (χ0) is 14.6. The molecule has 1 rings (SSSR count). The fourth-order valence-corrected chi connectivity index (χ4v) is 1.54. The Morgan fingerprint density at radius 2 is 2.05 bits per heavy atom. The molecule has 0 fully saturated rings. The van der Waals surface area contributed by atoms with Gasteiger partial charge in [0, 0.05) is 6.04 Å². The van der Waals surface area contributed by atoms with Crippen LogP contribution < -0.4 is 5.73 Å². The van der Waals surface area contributed by atoms with E-state index in [1.807, 2.05) is 46.8 Å². The van der Waals surface area contributed by atoms with Gasteiger partial charge in [-0.1, -0.05) is 6.07 Å². The van der Waals surface area contributed by atoms with Crippen LogP contribution in [0.2, 0.25) is 0 Å². The maximum Gasteiger partial charge on any atom is 0.410 e. The monoisotopic (exact) mass is 265 g/mol. The maximum atomic E-state index is 12.1. The summed E-state index contributed by atoms with van der Waals surface area (Å²) in [4.78, 5) is 18.0. The van der Waals surface area contributed by atoms with Crippen molar-refractivity contribution in [3.05, 3.63) is 23.9 Å². The summed E-state index contributed by atoms with van der Waals surface area (Å²) < 4.78 is 5.39. The molecule has 0 aliphatic rings. The van der Waals surface area contributed by atoms with E-state index >= 15 is 0 Å². The molecule has 0 bridgehead atoms. The average molecular weight is 265 g/mol. The molecule has 0 aliphatic heterocycles. The number of hydrogen-bond donors (Lipinski definition) is 1. The Labute approximate surface area is 114 Å². The molecule has 19 heavy (non-hydrogen) atoms. The van der Waals surface area contributed by atoms with Gasteiger partial charge in [-0.2, -0.15) is 0 Å². The van der Waals surface area contributed by atoms with Gasteiger partial charge in [0.25, 0.3) is 0 Å². The van der Waals surface area contributed by atoms with Crippen LogP contribution in [0.15, 0.2) is 18.2 Å². The maximum absolute atomic E-state index is 12.1. The summed E-state index contributed by atoms with van der Waals surface area (Å²) in [6, 6.07) is 5.41. The highest BCUT2D eigenvalue weighted by Gasteiger charge is 2.24. The molecule has 0 saturated heterocycles. The molecule has 5 heteroatoms. The SMILES string of the molecule is CC(C)N(Cc1cccc(N)n1)C(=O)OC(C)(C)C. The number of anilines is 1. The second-order valence-corrected chi connectivity index (χ2v) is 5.76. The number of rotatable bonds is 3. The van der Waals surface area contributed by atoms with Crippen LogP contribution in [0.1, 0.15) is 40.3 Å². The molecule has 106 valence electrons. The van der Waals surface area contributed by atoms with E-state index in [4.69, 9.17) is 10.5 Å². The minimum Gasteiger partial charge on any atom is -0.444 e. The lowest BCUT2D eigenvalue weighted by Gasteiger charge is -2.29. The highest BCUT2D eigenvalue weighted by atomic mass is 16.6. The Hall–Kier alpha value is -1.78. The smallest absolute Gasteiger partial charge is 0.410 e. The summed E-state index contributed by atoms with van der Waals surface area (Å²) in [5.74, 6) is 0.449. The largest absolute Gasteiger partial charge is 0.444 e. The normalized spacial score (nSPS) is 11.5. The van der Waals surface area contributed by atoms with E-state index in [1.54, 1.807) is 11.0 Å². The van der Waals surface area contributed by atoms with E-state index in [2.05, 4.69) is 4.98 Å². The second kappa shape index (κ2) is 5.91. The number of aromatic nitrogens is 1. The summed E-state index contributed by atoms with van der Waals surface area (Å²) in [5.41, 5.74) is 5.89. The third-order valence-corrected chi connectivity index (χ3v) is 2.41. The van der Waals surface area contributed by atoms with Gasteiger partial charge in [-0.3, -0.25) is 4.90 Å². The fraction of sp³-hybridized carbons (Fsp3) is 0.571. The van der Waals surface area contributed by atoms with Crippen molar-refractivity contribution in [3.63, 3.8) is 0 Å². The molecular formula is C14H23N3O2. The molecule has 0 aromatic carbocycles. The van der Waals surface area contributed by atoms with Crippen molar-refractivity contribution in [3.8, 4) is 0 Å². The van der Waals surface area contributed by atoms with Crippen LogP contribution in [-0.4, -0.2) is 27.6 Å². The topological polar surface area (TPSA) is 68.5 Å². The minimum atomic E-state index is -0.507. The highest BCUT2D eigenvalue weighted by Crippen LogP contribution is 2.14. The molecule has 0 saturated carbocycles. The zero-order valence-electron chi connectivity index (χ0n) is 12.3. The molecule has 1 aromatic heterocycles. The summed E-state index contributed by atoms with van der Waals surface area (Å²) in [6.07, 6.45) is -0.341. The predicted molar refractivity (Wildman–Crippen MR) is 75.6 cm³/mol. The van der Waals surface area contributed by atoms with Crippen LogP contribution in [0.4, 0.5) is 10.6 Å². The summed E-state index contributed by atoms with van der Waals surface area (Å²) in [7, 11) is 0. The molecule has 0 radical (unpaired) electrons. The summed E-state index contributed by atoms with van der Waals surface area (Å²) >= 11 is 0. The fourth-order valence-electron chi connectivity index (χ4n) is 1.54. The first-order chi connectivity index (χ1) is 8.69. The van der Waals surface area contributed by atoms with Crippen molar-refractivity contribution in [1.82, 2.24) is 9.88 Å². The van der Waals surface area contributed by atoms with Crippen LogP contribution in [-0.2, 0) is 11.3 Å². The van der Waals surface area contributed by atoms with Gasteiger partial charge in [-0.25, -0.2) is 9.78 Å². The number of hydrogen-bond acceptors (Lipinski definition) is 4. The van der Waals surface area contributed by atoms with E-state index in [1.165, 1.54) is 0 Å². The van der Waals surface area contributed by atoms with Crippen molar-refractivity contribution in [1.29, 1.82) is 0 Å². The molecule has 5 nitrogen and oxygen atoms in total. The van der Waals surface area contributed by atoms with Crippen molar-refractivity contribution < 1.29 is 9.53 Å². The third kappa shape index (κ3) is 5.16. The summed E-state index contributed by atoms with van der Waals surface area (Å²) in [5, 5.41) is 0. The van der Waals surface area contributed by atoms with Gasteiger partial charge < -0.3 is 10.5 Å². The number of pyridine rings is 1. The van der Waals surface area contributed by atoms with Crippen molar-refractivity contribution >= 4 is 11.9 Å². The van der Waals surface area contributed by atoms with Crippen LogP contribution in [0.3, 0.4) is 0 Å². The van der Waals surface area contributed by atoms with Gasteiger partial charge in [0.1, 0.15) is 11.4 Å². The van der Waals surface area contributed by atoms with Crippen LogP contribution in [0, 0.1) is 0 Å². The van der Waals surface area contributed by atoms with E-state index in [0.717, 1.165) is 5.69 Å². The van der Waals surface area contributed by atoms with Crippen LogP contribution in [0.5, 0.6) is 0 Å². The van der Waals surface area contributed by atoms with Crippen LogP contribution >= 0.6 is 0 Å².